The molecule has 0 saturated heterocycles. The zero-order valence-electron chi connectivity index (χ0n) is 14.4. The van der Waals surface area contributed by atoms with E-state index in [9.17, 15) is 5.11 Å². The quantitative estimate of drug-likeness (QED) is 0.683. The van der Waals surface area contributed by atoms with Crippen molar-refractivity contribution in [2.45, 2.75) is 18.9 Å². The van der Waals surface area contributed by atoms with Gasteiger partial charge in [-0.1, -0.05) is 91.0 Å². The van der Waals surface area contributed by atoms with Crippen LogP contribution in [0, 0.1) is 5.41 Å². The summed E-state index contributed by atoms with van der Waals surface area (Å²) in [4.78, 5) is 0. The van der Waals surface area contributed by atoms with E-state index in [1.165, 1.54) is 11.1 Å². The van der Waals surface area contributed by atoms with Gasteiger partial charge in [-0.3, -0.25) is 0 Å². The van der Waals surface area contributed by atoms with E-state index in [0.717, 1.165) is 18.4 Å². The lowest BCUT2D eigenvalue weighted by atomic mass is 9.70. The van der Waals surface area contributed by atoms with E-state index in [2.05, 4.69) is 24.3 Å². The Kier molecular flexibility index (Phi) is 5.64. The second-order valence-electron chi connectivity index (χ2n) is 6.73. The minimum Gasteiger partial charge on any atom is -0.396 e. The highest BCUT2D eigenvalue weighted by Crippen LogP contribution is 2.38. The minimum absolute atomic E-state index is 0.0346. The number of aliphatic hydroxyl groups excluding tert-OH is 1. The Balaban J connectivity index is 1.99. The van der Waals surface area contributed by atoms with Crippen LogP contribution in [0.2, 0.25) is 0 Å². The molecule has 0 saturated carbocycles. The molecule has 128 valence electrons. The Bertz CT molecular complexity index is 714. The van der Waals surface area contributed by atoms with Crippen molar-refractivity contribution in [2.75, 3.05) is 6.61 Å². The second-order valence-corrected chi connectivity index (χ2v) is 6.73. The van der Waals surface area contributed by atoms with Crippen molar-refractivity contribution in [2.24, 2.45) is 11.1 Å². The molecular weight excluding hydrogens is 306 g/mol. The van der Waals surface area contributed by atoms with Crippen LogP contribution in [0.15, 0.2) is 91.0 Å². The molecule has 0 fully saturated rings. The minimum atomic E-state index is -0.454. The van der Waals surface area contributed by atoms with Gasteiger partial charge < -0.3 is 10.8 Å². The second kappa shape index (κ2) is 8.11. The summed E-state index contributed by atoms with van der Waals surface area (Å²) >= 11 is 0. The molecule has 3 aromatic carbocycles. The summed E-state index contributed by atoms with van der Waals surface area (Å²) in [6, 6.07) is 30.4. The Morgan fingerprint density at radius 1 is 0.680 bits per heavy atom. The Morgan fingerprint density at radius 3 is 1.48 bits per heavy atom. The number of rotatable bonds is 7. The van der Waals surface area contributed by atoms with Gasteiger partial charge in [0.15, 0.2) is 0 Å². The summed E-state index contributed by atoms with van der Waals surface area (Å²) in [5.41, 5.74) is 9.71. The third-order valence-electron chi connectivity index (χ3n) is 4.93. The van der Waals surface area contributed by atoms with E-state index >= 15 is 0 Å². The van der Waals surface area contributed by atoms with Crippen molar-refractivity contribution >= 4 is 0 Å². The van der Waals surface area contributed by atoms with Gasteiger partial charge in [0.1, 0.15) is 0 Å². The van der Waals surface area contributed by atoms with Gasteiger partial charge >= 0.3 is 0 Å². The number of hydrogen-bond donors (Lipinski definition) is 2. The molecule has 0 radical (unpaired) electrons. The van der Waals surface area contributed by atoms with Crippen LogP contribution >= 0.6 is 0 Å². The molecule has 0 aliphatic rings. The third kappa shape index (κ3) is 4.16. The molecule has 0 aromatic heterocycles. The van der Waals surface area contributed by atoms with E-state index < -0.39 is 5.41 Å². The number of benzene rings is 3. The predicted molar refractivity (Wildman–Crippen MR) is 103 cm³/mol. The van der Waals surface area contributed by atoms with Crippen LogP contribution in [-0.2, 0) is 12.8 Å². The average Bonchev–Trinajstić information content (AvgIpc) is 2.69. The highest BCUT2D eigenvalue weighted by Gasteiger charge is 2.37. The van der Waals surface area contributed by atoms with Crippen LogP contribution < -0.4 is 5.73 Å². The first-order valence-electron chi connectivity index (χ1n) is 8.73. The lowest BCUT2D eigenvalue weighted by Gasteiger charge is -2.38. The van der Waals surface area contributed by atoms with E-state index in [4.69, 9.17) is 5.73 Å². The molecule has 2 heteroatoms. The van der Waals surface area contributed by atoms with Crippen molar-refractivity contribution in [1.82, 2.24) is 0 Å². The summed E-state index contributed by atoms with van der Waals surface area (Å²) in [7, 11) is 0. The van der Waals surface area contributed by atoms with Crippen molar-refractivity contribution in [3.8, 4) is 0 Å². The fourth-order valence-corrected chi connectivity index (χ4v) is 3.51. The molecule has 2 nitrogen and oxygen atoms in total. The fraction of sp³-hybridized carbons (Fsp3) is 0.217. The molecule has 0 spiro atoms. The standard InChI is InChI=1S/C23H25NO/c24-22(21-14-8-3-9-15-21)23(18-25,16-19-10-4-1-5-11-19)17-20-12-6-2-7-13-20/h1-15,22,25H,16-18,24H2. The van der Waals surface area contributed by atoms with Crippen LogP contribution in [0.3, 0.4) is 0 Å². The van der Waals surface area contributed by atoms with Crippen molar-refractivity contribution in [1.29, 1.82) is 0 Å². The van der Waals surface area contributed by atoms with E-state index in [0.29, 0.717) is 0 Å². The first-order chi connectivity index (χ1) is 12.2. The number of hydrogen-bond acceptors (Lipinski definition) is 2. The van der Waals surface area contributed by atoms with Crippen LogP contribution in [-0.4, -0.2) is 11.7 Å². The first-order valence-corrected chi connectivity index (χ1v) is 8.73. The predicted octanol–water partition coefficient (Wildman–Crippen LogP) is 4.15. The van der Waals surface area contributed by atoms with Crippen LogP contribution in [0.25, 0.3) is 0 Å². The fourth-order valence-electron chi connectivity index (χ4n) is 3.51. The van der Waals surface area contributed by atoms with Gasteiger partial charge in [0, 0.05) is 11.5 Å². The molecule has 0 bridgehead atoms. The van der Waals surface area contributed by atoms with Crippen LogP contribution in [0.4, 0.5) is 0 Å². The van der Waals surface area contributed by atoms with Crippen LogP contribution in [0.1, 0.15) is 22.7 Å². The summed E-state index contributed by atoms with van der Waals surface area (Å²) in [5, 5.41) is 10.5. The Labute approximate surface area is 150 Å². The Morgan fingerprint density at radius 2 is 1.08 bits per heavy atom. The lowest BCUT2D eigenvalue weighted by Crippen LogP contribution is -2.41. The van der Waals surface area contributed by atoms with Gasteiger partial charge in [0.25, 0.3) is 0 Å². The average molecular weight is 331 g/mol. The van der Waals surface area contributed by atoms with Gasteiger partial charge in [0.2, 0.25) is 0 Å². The molecule has 1 atom stereocenters. The highest BCUT2D eigenvalue weighted by atomic mass is 16.3. The summed E-state index contributed by atoms with van der Waals surface area (Å²) in [6.45, 7) is 0.0346. The van der Waals surface area contributed by atoms with Crippen LogP contribution in [0.5, 0.6) is 0 Å². The largest absolute Gasteiger partial charge is 0.396 e. The van der Waals surface area contributed by atoms with E-state index in [1.807, 2.05) is 66.7 Å². The maximum Gasteiger partial charge on any atom is 0.0512 e. The SMILES string of the molecule is NC(c1ccccc1)C(CO)(Cc1ccccc1)Cc1ccccc1. The molecule has 1 unspecified atom stereocenters. The van der Waals surface area contributed by atoms with Gasteiger partial charge in [-0.15, -0.1) is 0 Å². The van der Waals surface area contributed by atoms with Gasteiger partial charge in [0.05, 0.1) is 6.61 Å². The molecule has 3 N–H and O–H groups in total. The summed E-state index contributed by atoms with van der Waals surface area (Å²) in [5.74, 6) is 0. The molecule has 25 heavy (non-hydrogen) atoms. The zero-order valence-corrected chi connectivity index (χ0v) is 14.4. The highest BCUT2D eigenvalue weighted by molar-refractivity contribution is 5.27. The summed E-state index contributed by atoms with van der Waals surface area (Å²) < 4.78 is 0. The van der Waals surface area contributed by atoms with Crippen molar-refractivity contribution < 1.29 is 5.11 Å². The zero-order chi connectivity index (χ0) is 17.5. The molecular formula is C23H25NO. The molecule has 0 amide bonds. The van der Waals surface area contributed by atoms with Gasteiger partial charge in [-0.25, -0.2) is 0 Å². The molecule has 3 rings (SSSR count). The van der Waals surface area contributed by atoms with Crippen molar-refractivity contribution in [3.63, 3.8) is 0 Å². The number of nitrogens with two attached hydrogens (primary N) is 1. The molecule has 0 aliphatic heterocycles. The number of aliphatic hydroxyl groups is 1. The topological polar surface area (TPSA) is 46.2 Å². The lowest BCUT2D eigenvalue weighted by molar-refractivity contribution is 0.0949. The maximum atomic E-state index is 10.5. The maximum absolute atomic E-state index is 10.5. The molecule has 0 heterocycles. The molecule has 0 aliphatic carbocycles. The normalized spacial score (nSPS) is 12.7. The first kappa shape index (κ1) is 17.4. The van der Waals surface area contributed by atoms with Gasteiger partial charge in [-0.05, 0) is 29.5 Å². The van der Waals surface area contributed by atoms with E-state index in [-0.39, 0.29) is 12.6 Å². The van der Waals surface area contributed by atoms with E-state index in [1.54, 1.807) is 0 Å². The monoisotopic (exact) mass is 331 g/mol. The molecule has 3 aromatic rings. The van der Waals surface area contributed by atoms with Gasteiger partial charge in [-0.2, -0.15) is 0 Å². The van der Waals surface area contributed by atoms with Crippen molar-refractivity contribution in [3.05, 3.63) is 108 Å². The Hall–Kier alpha value is -2.42. The third-order valence-corrected chi connectivity index (χ3v) is 4.93. The summed E-state index contributed by atoms with van der Waals surface area (Å²) in [6.07, 6.45) is 1.46. The smallest absolute Gasteiger partial charge is 0.0512 e.